The van der Waals surface area contributed by atoms with Gasteiger partial charge in [-0.15, -0.1) is 0 Å². The van der Waals surface area contributed by atoms with Crippen molar-refractivity contribution < 1.29 is 0 Å². The number of hydrogen-bond acceptors (Lipinski definition) is 1. The van der Waals surface area contributed by atoms with Crippen LogP contribution in [-0.2, 0) is 0 Å². The van der Waals surface area contributed by atoms with Crippen molar-refractivity contribution in [3.8, 4) is 0 Å². The predicted octanol–water partition coefficient (Wildman–Crippen LogP) is 4.35. The Bertz CT molecular complexity index is 689. The predicted molar refractivity (Wildman–Crippen MR) is 69.0 cm³/mol. The van der Waals surface area contributed by atoms with E-state index >= 15 is 0 Å². The normalized spacial score (nSPS) is 11.1. The van der Waals surface area contributed by atoms with Gasteiger partial charge in [-0.3, -0.25) is 0 Å². The summed E-state index contributed by atoms with van der Waals surface area (Å²) in [6.07, 6.45) is 0. The van der Waals surface area contributed by atoms with Gasteiger partial charge in [0.25, 0.3) is 0 Å². The second-order valence-electron chi connectivity index (χ2n) is 3.99. The van der Waals surface area contributed by atoms with E-state index in [2.05, 4.69) is 30.1 Å². The van der Waals surface area contributed by atoms with Crippen LogP contribution in [0.5, 0.6) is 0 Å². The molecule has 0 saturated carbocycles. The van der Waals surface area contributed by atoms with Crippen LogP contribution in [0.3, 0.4) is 0 Å². The Labute approximate surface area is 98.7 Å². The first-order valence-electron chi connectivity index (χ1n) is 5.20. The lowest BCUT2D eigenvalue weighted by Crippen LogP contribution is -1.83. The van der Waals surface area contributed by atoms with Gasteiger partial charge < -0.3 is 0 Å². The standard InChI is InChI=1S/C14H10ClN/c1-9-5-6-13-10(7-9)8-11-12(15)3-2-4-14(11)16-13/h2-8H,1H3. The minimum atomic E-state index is 0.758. The second-order valence-corrected chi connectivity index (χ2v) is 4.40. The zero-order chi connectivity index (χ0) is 11.1. The van der Waals surface area contributed by atoms with Crippen LogP contribution >= 0.6 is 11.6 Å². The fraction of sp³-hybridized carbons (Fsp3) is 0.0714. The van der Waals surface area contributed by atoms with Crippen molar-refractivity contribution in [2.75, 3.05) is 0 Å². The monoisotopic (exact) mass is 227 g/mol. The quantitative estimate of drug-likeness (QED) is 0.521. The number of aryl methyl sites for hydroxylation is 1. The van der Waals surface area contributed by atoms with Gasteiger partial charge in [-0.1, -0.05) is 29.3 Å². The van der Waals surface area contributed by atoms with Crippen molar-refractivity contribution in [1.82, 2.24) is 4.98 Å². The molecule has 0 fully saturated rings. The third-order valence-corrected chi connectivity index (χ3v) is 3.08. The van der Waals surface area contributed by atoms with Gasteiger partial charge in [-0.2, -0.15) is 0 Å². The average molecular weight is 228 g/mol. The molecule has 2 aromatic carbocycles. The van der Waals surface area contributed by atoms with Gasteiger partial charge >= 0.3 is 0 Å². The summed E-state index contributed by atoms with van der Waals surface area (Å²) in [7, 11) is 0. The van der Waals surface area contributed by atoms with Crippen LogP contribution in [0.4, 0.5) is 0 Å². The molecule has 1 aromatic heterocycles. The molecule has 0 spiro atoms. The highest BCUT2D eigenvalue weighted by Gasteiger charge is 2.02. The number of aromatic nitrogens is 1. The fourth-order valence-electron chi connectivity index (χ4n) is 1.94. The topological polar surface area (TPSA) is 12.9 Å². The van der Waals surface area contributed by atoms with Crippen LogP contribution < -0.4 is 0 Å². The van der Waals surface area contributed by atoms with Gasteiger partial charge in [-0.05, 0) is 37.3 Å². The number of rotatable bonds is 0. The molecule has 78 valence electrons. The van der Waals surface area contributed by atoms with Gasteiger partial charge in [0.1, 0.15) is 0 Å². The summed E-state index contributed by atoms with van der Waals surface area (Å²) in [5.74, 6) is 0. The SMILES string of the molecule is Cc1ccc2nc3cccc(Cl)c3cc2c1. The van der Waals surface area contributed by atoms with Crippen molar-refractivity contribution in [3.63, 3.8) is 0 Å². The number of pyridine rings is 1. The molecule has 16 heavy (non-hydrogen) atoms. The van der Waals surface area contributed by atoms with Gasteiger partial charge in [0.05, 0.1) is 11.0 Å². The van der Waals surface area contributed by atoms with Crippen molar-refractivity contribution in [3.05, 3.63) is 53.1 Å². The molecular weight excluding hydrogens is 218 g/mol. The van der Waals surface area contributed by atoms with Crippen LogP contribution in [-0.4, -0.2) is 4.98 Å². The van der Waals surface area contributed by atoms with E-state index in [4.69, 9.17) is 11.6 Å². The maximum atomic E-state index is 6.16. The van der Waals surface area contributed by atoms with Gasteiger partial charge in [-0.25, -0.2) is 4.98 Å². The number of hydrogen-bond donors (Lipinski definition) is 0. The lowest BCUT2D eigenvalue weighted by atomic mass is 10.1. The number of halogens is 1. The minimum absolute atomic E-state index is 0.758. The molecule has 0 radical (unpaired) electrons. The minimum Gasteiger partial charge on any atom is -0.248 e. The zero-order valence-electron chi connectivity index (χ0n) is 8.87. The smallest absolute Gasteiger partial charge is 0.0724 e. The van der Waals surface area contributed by atoms with E-state index in [0.717, 1.165) is 26.8 Å². The molecule has 0 unspecified atom stereocenters. The third kappa shape index (κ3) is 1.44. The lowest BCUT2D eigenvalue weighted by Gasteiger charge is -2.03. The van der Waals surface area contributed by atoms with E-state index in [1.54, 1.807) is 0 Å². The molecule has 1 nitrogen and oxygen atoms in total. The van der Waals surface area contributed by atoms with Crippen molar-refractivity contribution >= 4 is 33.4 Å². The van der Waals surface area contributed by atoms with Crippen molar-refractivity contribution in [2.45, 2.75) is 6.92 Å². The summed E-state index contributed by atoms with van der Waals surface area (Å²) in [4.78, 5) is 4.60. The fourth-order valence-corrected chi connectivity index (χ4v) is 2.17. The van der Waals surface area contributed by atoms with Gasteiger partial charge in [0, 0.05) is 15.8 Å². The molecule has 3 aromatic rings. The highest BCUT2D eigenvalue weighted by Crippen LogP contribution is 2.26. The van der Waals surface area contributed by atoms with E-state index in [0.29, 0.717) is 0 Å². The Morgan fingerprint density at radius 1 is 1.00 bits per heavy atom. The third-order valence-electron chi connectivity index (χ3n) is 2.75. The summed E-state index contributed by atoms with van der Waals surface area (Å²) in [6.45, 7) is 2.08. The van der Waals surface area contributed by atoms with Crippen LogP contribution in [0.15, 0.2) is 42.5 Å². The number of nitrogens with zero attached hydrogens (tertiary/aromatic N) is 1. The van der Waals surface area contributed by atoms with E-state index in [9.17, 15) is 0 Å². The van der Waals surface area contributed by atoms with Crippen LogP contribution in [0.1, 0.15) is 5.56 Å². The second kappa shape index (κ2) is 3.46. The molecule has 0 aliphatic rings. The van der Waals surface area contributed by atoms with Crippen molar-refractivity contribution in [1.29, 1.82) is 0 Å². The Morgan fingerprint density at radius 2 is 1.88 bits per heavy atom. The van der Waals surface area contributed by atoms with Gasteiger partial charge in [0.2, 0.25) is 0 Å². The van der Waals surface area contributed by atoms with Crippen molar-refractivity contribution in [2.24, 2.45) is 0 Å². The summed E-state index contributed by atoms with van der Waals surface area (Å²) in [5.41, 5.74) is 3.20. The zero-order valence-corrected chi connectivity index (χ0v) is 9.62. The summed E-state index contributed by atoms with van der Waals surface area (Å²) >= 11 is 6.16. The first kappa shape index (κ1) is 9.61. The first-order valence-corrected chi connectivity index (χ1v) is 5.57. The molecule has 0 N–H and O–H groups in total. The highest BCUT2D eigenvalue weighted by molar-refractivity contribution is 6.35. The van der Waals surface area contributed by atoms with Gasteiger partial charge in [0.15, 0.2) is 0 Å². The molecule has 3 rings (SSSR count). The Hall–Kier alpha value is -1.60. The maximum Gasteiger partial charge on any atom is 0.0724 e. The Kier molecular flexibility index (Phi) is 2.08. The summed E-state index contributed by atoms with van der Waals surface area (Å²) in [6, 6.07) is 14.2. The highest BCUT2D eigenvalue weighted by atomic mass is 35.5. The molecule has 0 aliphatic heterocycles. The largest absolute Gasteiger partial charge is 0.248 e. The van der Waals surface area contributed by atoms with E-state index in [1.807, 2.05) is 24.3 Å². The molecule has 0 bridgehead atoms. The number of fused-ring (bicyclic) bond motifs is 2. The molecule has 2 heteroatoms. The maximum absolute atomic E-state index is 6.16. The molecule has 0 saturated heterocycles. The summed E-state index contributed by atoms with van der Waals surface area (Å²) < 4.78 is 0. The van der Waals surface area contributed by atoms with Crippen LogP contribution in [0.2, 0.25) is 5.02 Å². The van der Waals surface area contributed by atoms with E-state index < -0.39 is 0 Å². The Balaban J connectivity index is 2.49. The molecule has 0 atom stereocenters. The van der Waals surface area contributed by atoms with E-state index in [-0.39, 0.29) is 0 Å². The molecular formula is C14H10ClN. The average Bonchev–Trinajstić information content (AvgIpc) is 2.28. The Morgan fingerprint density at radius 3 is 2.75 bits per heavy atom. The van der Waals surface area contributed by atoms with Crippen LogP contribution in [0.25, 0.3) is 21.8 Å². The molecule has 0 aliphatic carbocycles. The molecule has 1 heterocycles. The van der Waals surface area contributed by atoms with Crippen LogP contribution in [0, 0.1) is 6.92 Å². The number of benzene rings is 2. The van der Waals surface area contributed by atoms with E-state index in [1.165, 1.54) is 5.56 Å². The lowest BCUT2D eigenvalue weighted by molar-refractivity contribution is 1.45. The summed E-state index contributed by atoms with van der Waals surface area (Å²) in [5, 5.41) is 2.91. The molecule has 0 amide bonds. The first-order chi connectivity index (χ1) is 7.74.